The Hall–Kier alpha value is -3.93. The summed E-state index contributed by atoms with van der Waals surface area (Å²) in [4.78, 5) is 22.6. The van der Waals surface area contributed by atoms with Crippen molar-refractivity contribution in [1.82, 2.24) is 29.3 Å². The molecule has 6 heteroatoms. The molecule has 0 atom stereocenters. The maximum Gasteiger partial charge on any atom is 0.138 e. The topological polar surface area (TPSA) is 68.9 Å². The van der Waals surface area contributed by atoms with Crippen molar-refractivity contribution in [2.75, 3.05) is 0 Å². The van der Waals surface area contributed by atoms with Crippen LogP contribution >= 0.6 is 0 Å². The summed E-state index contributed by atoms with van der Waals surface area (Å²) in [6, 6.07) is 17.5. The van der Waals surface area contributed by atoms with Gasteiger partial charge in [0, 0.05) is 31.0 Å². The molecule has 5 aromatic rings. The minimum Gasteiger partial charge on any atom is -0.298 e. The molecule has 0 aromatic carbocycles. The summed E-state index contributed by atoms with van der Waals surface area (Å²) in [6.07, 6.45) is 10.9. The third-order valence-corrected chi connectivity index (χ3v) is 4.33. The van der Waals surface area contributed by atoms with E-state index < -0.39 is 0 Å². The van der Waals surface area contributed by atoms with Crippen LogP contribution in [0.4, 0.5) is 0 Å². The van der Waals surface area contributed by atoms with Gasteiger partial charge in [0.25, 0.3) is 0 Å². The molecule has 0 aliphatic carbocycles. The van der Waals surface area contributed by atoms with E-state index in [0.29, 0.717) is 5.82 Å². The molecule has 0 bridgehead atoms. The van der Waals surface area contributed by atoms with E-state index in [0.717, 1.165) is 34.0 Å². The fourth-order valence-electron chi connectivity index (χ4n) is 3.11. The van der Waals surface area contributed by atoms with Gasteiger partial charge < -0.3 is 0 Å². The Labute approximate surface area is 161 Å². The molecule has 0 fully saturated rings. The molecule has 0 unspecified atom stereocenters. The van der Waals surface area contributed by atoms with Crippen LogP contribution in [-0.2, 0) is 0 Å². The van der Waals surface area contributed by atoms with Crippen molar-refractivity contribution in [3.05, 3.63) is 103 Å². The van der Waals surface area contributed by atoms with E-state index in [1.165, 1.54) is 0 Å². The molecule has 6 nitrogen and oxygen atoms in total. The highest BCUT2D eigenvalue weighted by Crippen LogP contribution is 2.30. The van der Waals surface area contributed by atoms with Gasteiger partial charge in [0.05, 0.1) is 17.8 Å². The summed E-state index contributed by atoms with van der Waals surface area (Å²) < 4.78 is 2.03. The molecule has 5 rings (SSSR count). The average molecular weight is 363 g/mol. The summed E-state index contributed by atoms with van der Waals surface area (Å²) >= 11 is 0. The zero-order chi connectivity index (χ0) is 18.8. The van der Waals surface area contributed by atoms with Crippen LogP contribution in [0.5, 0.6) is 0 Å². The van der Waals surface area contributed by atoms with Crippen molar-refractivity contribution in [3.63, 3.8) is 0 Å². The summed E-state index contributed by atoms with van der Waals surface area (Å²) in [5.41, 5.74) is 5.05. The highest BCUT2D eigenvalue weighted by Gasteiger charge is 2.18. The lowest BCUT2D eigenvalue weighted by Gasteiger charge is -2.06. The summed E-state index contributed by atoms with van der Waals surface area (Å²) in [5.74, 6) is 0.614. The number of rotatable bonds is 4. The van der Waals surface area contributed by atoms with Gasteiger partial charge in [-0.05, 0) is 42.0 Å². The van der Waals surface area contributed by atoms with Crippen molar-refractivity contribution in [3.8, 4) is 22.8 Å². The number of hydrogen-bond donors (Lipinski definition) is 0. The molecule has 28 heavy (non-hydrogen) atoms. The molecule has 0 spiro atoms. The van der Waals surface area contributed by atoms with Crippen molar-refractivity contribution in [2.24, 2.45) is 0 Å². The molecule has 5 heterocycles. The molecule has 0 saturated heterocycles. The first-order valence-corrected chi connectivity index (χ1v) is 8.85. The van der Waals surface area contributed by atoms with Gasteiger partial charge >= 0.3 is 0 Å². The van der Waals surface area contributed by atoms with Crippen LogP contribution < -0.4 is 0 Å². The van der Waals surface area contributed by atoms with Gasteiger partial charge in [-0.1, -0.05) is 18.2 Å². The zero-order valence-corrected chi connectivity index (χ0v) is 14.8. The van der Waals surface area contributed by atoms with Gasteiger partial charge in [0.15, 0.2) is 0 Å². The Morgan fingerprint density at radius 1 is 0.750 bits per heavy atom. The van der Waals surface area contributed by atoms with E-state index in [4.69, 9.17) is 9.97 Å². The van der Waals surface area contributed by atoms with Crippen LogP contribution in [0.25, 0.3) is 28.4 Å². The molecule has 0 aliphatic heterocycles. The van der Waals surface area contributed by atoms with Crippen LogP contribution in [0.15, 0.2) is 85.6 Å². The number of hydrogen-bond acceptors (Lipinski definition) is 5. The van der Waals surface area contributed by atoms with Crippen LogP contribution in [0, 0.1) is 6.42 Å². The quantitative estimate of drug-likeness (QED) is 0.485. The van der Waals surface area contributed by atoms with Crippen molar-refractivity contribution < 1.29 is 0 Å². The SMILES string of the molecule is [CH](c1cccnc1)c1nccc(-c2c(-c3ccccn3)nc3ccccn23)n1. The zero-order valence-electron chi connectivity index (χ0n) is 14.8. The predicted molar refractivity (Wildman–Crippen MR) is 106 cm³/mol. The highest BCUT2D eigenvalue weighted by atomic mass is 15.0. The number of nitrogens with zero attached hydrogens (tertiary/aromatic N) is 6. The molecule has 5 aromatic heterocycles. The monoisotopic (exact) mass is 363 g/mol. The standard InChI is InChI=1S/C22H15N6/c1-3-11-24-17(7-1)21-22(28-13-4-2-8-20(28)27-21)18-9-12-25-19(26-18)14-16-6-5-10-23-15-16/h1-15H. The number of imidazole rings is 1. The summed E-state index contributed by atoms with van der Waals surface area (Å²) in [7, 11) is 0. The van der Waals surface area contributed by atoms with Gasteiger partial charge in [-0.3, -0.25) is 14.4 Å². The highest BCUT2D eigenvalue weighted by molar-refractivity contribution is 5.78. The third kappa shape index (κ3) is 3.01. The second kappa shape index (κ2) is 7.00. The Kier molecular flexibility index (Phi) is 4.06. The Bertz CT molecular complexity index is 1230. The minimum atomic E-state index is 0.614. The van der Waals surface area contributed by atoms with E-state index in [1.54, 1.807) is 24.8 Å². The predicted octanol–water partition coefficient (Wildman–Crippen LogP) is 3.85. The van der Waals surface area contributed by atoms with Crippen molar-refractivity contribution in [1.29, 1.82) is 0 Å². The second-order valence-corrected chi connectivity index (χ2v) is 6.18. The summed E-state index contributed by atoms with van der Waals surface area (Å²) in [5, 5.41) is 0. The van der Waals surface area contributed by atoms with Gasteiger partial charge in [0.2, 0.25) is 0 Å². The van der Waals surface area contributed by atoms with Gasteiger partial charge in [-0.15, -0.1) is 0 Å². The molecule has 0 amide bonds. The maximum absolute atomic E-state index is 4.79. The van der Waals surface area contributed by atoms with E-state index in [9.17, 15) is 0 Å². The summed E-state index contributed by atoms with van der Waals surface area (Å²) in [6.45, 7) is 0. The lowest BCUT2D eigenvalue weighted by Crippen LogP contribution is -1.99. The minimum absolute atomic E-state index is 0.614. The first-order chi connectivity index (χ1) is 13.9. The fourth-order valence-corrected chi connectivity index (χ4v) is 3.11. The Morgan fingerprint density at radius 3 is 2.57 bits per heavy atom. The van der Waals surface area contributed by atoms with E-state index in [-0.39, 0.29) is 0 Å². The van der Waals surface area contributed by atoms with Gasteiger partial charge in [0.1, 0.15) is 22.9 Å². The lowest BCUT2D eigenvalue weighted by molar-refractivity contribution is 1.06. The smallest absolute Gasteiger partial charge is 0.138 e. The van der Waals surface area contributed by atoms with E-state index in [1.807, 2.05) is 71.6 Å². The Balaban J connectivity index is 1.66. The molecular formula is C22H15N6. The molecule has 0 aliphatic rings. The molecule has 1 radical (unpaired) electrons. The normalized spacial score (nSPS) is 11.0. The van der Waals surface area contributed by atoms with Crippen LogP contribution in [0.1, 0.15) is 11.4 Å². The fraction of sp³-hybridized carbons (Fsp3) is 0. The number of pyridine rings is 3. The van der Waals surface area contributed by atoms with Crippen molar-refractivity contribution in [2.45, 2.75) is 0 Å². The third-order valence-electron chi connectivity index (χ3n) is 4.33. The van der Waals surface area contributed by atoms with E-state index in [2.05, 4.69) is 15.0 Å². The molecule has 0 saturated carbocycles. The average Bonchev–Trinajstić information content (AvgIpc) is 3.15. The van der Waals surface area contributed by atoms with E-state index >= 15 is 0 Å². The Morgan fingerprint density at radius 2 is 1.71 bits per heavy atom. The molecule has 133 valence electrons. The molecular weight excluding hydrogens is 348 g/mol. The first kappa shape index (κ1) is 16.3. The number of aromatic nitrogens is 6. The second-order valence-electron chi connectivity index (χ2n) is 6.18. The van der Waals surface area contributed by atoms with Gasteiger partial charge in [-0.25, -0.2) is 15.0 Å². The van der Waals surface area contributed by atoms with Crippen LogP contribution in [0.3, 0.4) is 0 Å². The number of fused-ring (bicyclic) bond motifs is 1. The van der Waals surface area contributed by atoms with Crippen molar-refractivity contribution >= 4 is 5.65 Å². The first-order valence-electron chi connectivity index (χ1n) is 8.85. The largest absolute Gasteiger partial charge is 0.298 e. The lowest BCUT2D eigenvalue weighted by atomic mass is 10.1. The van der Waals surface area contributed by atoms with Crippen LogP contribution in [-0.4, -0.2) is 29.3 Å². The van der Waals surface area contributed by atoms with Gasteiger partial charge in [-0.2, -0.15) is 0 Å². The maximum atomic E-state index is 4.79. The molecule has 0 N–H and O–H groups in total. The van der Waals surface area contributed by atoms with Crippen LogP contribution in [0.2, 0.25) is 0 Å².